The lowest BCUT2D eigenvalue weighted by atomic mass is 10.2. The molecule has 0 radical (unpaired) electrons. The molecular weight excluding hydrogens is 190 g/mol. The molecule has 1 aromatic rings. The Labute approximate surface area is 90.5 Å². The van der Waals surface area contributed by atoms with E-state index in [9.17, 15) is 4.79 Å². The van der Waals surface area contributed by atoms with Gasteiger partial charge in [0.15, 0.2) is 0 Å². The summed E-state index contributed by atoms with van der Waals surface area (Å²) in [6, 6.07) is 3.91. The van der Waals surface area contributed by atoms with Crippen LogP contribution in [0.4, 0.5) is 0 Å². The molecule has 1 atom stereocenters. The van der Waals surface area contributed by atoms with Crippen LogP contribution in [-0.2, 0) is 11.2 Å². The highest BCUT2D eigenvalue weighted by Crippen LogP contribution is 1.99. The van der Waals surface area contributed by atoms with E-state index in [1.54, 1.807) is 4.90 Å². The number of rotatable bonds is 5. The van der Waals surface area contributed by atoms with Crippen molar-refractivity contribution in [3.8, 4) is 0 Å². The lowest BCUT2D eigenvalue weighted by Gasteiger charge is -2.17. The van der Waals surface area contributed by atoms with Gasteiger partial charge in [0.25, 0.3) is 0 Å². The van der Waals surface area contributed by atoms with Crippen LogP contribution in [0.5, 0.6) is 0 Å². The molecule has 1 aromatic heterocycles. The molecular formula is C11H19N3O. The molecule has 0 saturated heterocycles. The van der Waals surface area contributed by atoms with Crippen LogP contribution in [0.1, 0.15) is 19.0 Å². The molecule has 1 heterocycles. The van der Waals surface area contributed by atoms with E-state index in [1.165, 1.54) is 0 Å². The number of nitrogens with zero attached hydrogens (tertiary/aromatic N) is 1. The molecule has 0 saturated carbocycles. The Bertz CT molecular complexity index is 293. The zero-order chi connectivity index (χ0) is 11.3. The maximum absolute atomic E-state index is 11.5. The van der Waals surface area contributed by atoms with Crippen LogP contribution in [-0.4, -0.2) is 35.4 Å². The van der Waals surface area contributed by atoms with Gasteiger partial charge in [0.2, 0.25) is 5.91 Å². The number of nitrogens with two attached hydrogens (primary N) is 1. The molecule has 84 valence electrons. The highest BCUT2D eigenvalue weighted by Gasteiger charge is 2.10. The minimum atomic E-state index is -0.0644. The molecule has 15 heavy (non-hydrogen) atoms. The van der Waals surface area contributed by atoms with Gasteiger partial charge in [-0.2, -0.15) is 0 Å². The number of H-pyrrole nitrogens is 1. The number of carbonyl (C=O) groups excluding carboxylic acids is 1. The van der Waals surface area contributed by atoms with Crippen molar-refractivity contribution in [2.75, 3.05) is 13.6 Å². The van der Waals surface area contributed by atoms with Gasteiger partial charge in [-0.1, -0.05) is 0 Å². The average Bonchev–Trinajstić information content (AvgIpc) is 2.65. The Morgan fingerprint density at radius 1 is 1.67 bits per heavy atom. The summed E-state index contributed by atoms with van der Waals surface area (Å²) in [5.74, 6) is 0.108. The molecule has 0 aliphatic rings. The van der Waals surface area contributed by atoms with Crippen LogP contribution >= 0.6 is 0 Å². The van der Waals surface area contributed by atoms with Gasteiger partial charge >= 0.3 is 0 Å². The summed E-state index contributed by atoms with van der Waals surface area (Å²) in [5, 5.41) is 0. The van der Waals surface area contributed by atoms with E-state index < -0.39 is 0 Å². The van der Waals surface area contributed by atoms with Gasteiger partial charge in [0.05, 0.1) is 0 Å². The van der Waals surface area contributed by atoms with Crippen molar-refractivity contribution < 1.29 is 4.79 Å². The zero-order valence-corrected chi connectivity index (χ0v) is 9.36. The molecule has 0 aliphatic heterocycles. The first-order valence-electron chi connectivity index (χ1n) is 5.21. The molecule has 4 nitrogen and oxygen atoms in total. The largest absolute Gasteiger partial charge is 0.365 e. The first-order chi connectivity index (χ1) is 7.09. The third-order valence-electron chi connectivity index (χ3n) is 2.30. The SMILES string of the molecule is CC(N)CC(=O)N(C)CCc1ccc[nH]1. The molecule has 1 unspecified atom stereocenters. The molecule has 4 heteroatoms. The summed E-state index contributed by atoms with van der Waals surface area (Å²) in [5.41, 5.74) is 6.72. The van der Waals surface area contributed by atoms with Crippen LogP contribution in [0.2, 0.25) is 0 Å². The first-order valence-corrected chi connectivity index (χ1v) is 5.21. The second kappa shape index (κ2) is 5.56. The lowest BCUT2D eigenvalue weighted by Crippen LogP contribution is -2.33. The Morgan fingerprint density at radius 2 is 2.40 bits per heavy atom. The fraction of sp³-hybridized carbons (Fsp3) is 0.545. The van der Waals surface area contributed by atoms with E-state index in [-0.39, 0.29) is 11.9 Å². The second-order valence-corrected chi connectivity index (χ2v) is 3.94. The number of aromatic nitrogens is 1. The summed E-state index contributed by atoms with van der Waals surface area (Å²) in [7, 11) is 1.81. The zero-order valence-electron chi connectivity index (χ0n) is 9.36. The number of hydrogen-bond acceptors (Lipinski definition) is 2. The van der Waals surface area contributed by atoms with Crippen LogP contribution in [0.15, 0.2) is 18.3 Å². The summed E-state index contributed by atoms with van der Waals surface area (Å²) >= 11 is 0. The fourth-order valence-electron chi connectivity index (χ4n) is 1.37. The van der Waals surface area contributed by atoms with E-state index in [0.29, 0.717) is 6.42 Å². The molecule has 0 fully saturated rings. The lowest BCUT2D eigenvalue weighted by molar-refractivity contribution is -0.130. The van der Waals surface area contributed by atoms with Crippen molar-refractivity contribution in [1.29, 1.82) is 0 Å². The maximum Gasteiger partial charge on any atom is 0.223 e. The minimum Gasteiger partial charge on any atom is -0.365 e. The molecule has 1 amide bonds. The van der Waals surface area contributed by atoms with E-state index in [2.05, 4.69) is 4.98 Å². The maximum atomic E-state index is 11.5. The molecule has 0 aromatic carbocycles. The number of amides is 1. The quantitative estimate of drug-likeness (QED) is 0.751. The third-order valence-corrected chi connectivity index (χ3v) is 2.30. The van der Waals surface area contributed by atoms with Crippen LogP contribution in [0, 0.1) is 0 Å². The van der Waals surface area contributed by atoms with Gasteiger partial charge in [-0.3, -0.25) is 4.79 Å². The highest BCUT2D eigenvalue weighted by molar-refractivity contribution is 5.76. The van der Waals surface area contributed by atoms with Gasteiger partial charge < -0.3 is 15.6 Å². The highest BCUT2D eigenvalue weighted by atomic mass is 16.2. The van der Waals surface area contributed by atoms with Crippen LogP contribution in [0.25, 0.3) is 0 Å². The van der Waals surface area contributed by atoms with E-state index in [4.69, 9.17) is 5.73 Å². The number of likely N-dealkylation sites (N-methyl/N-ethyl adjacent to an activating group) is 1. The van der Waals surface area contributed by atoms with Gasteiger partial charge in [-0.05, 0) is 19.1 Å². The standard InChI is InChI=1S/C11H19N3O/c1-9(12)8-11(15)14(2)7-5-10-4-3-6-13-10/h3-4,6,9,13H,5,7-8,12H2,1-2H3. The Kier molecular flexibility index (Phi) is 4.37. The minimum absolute atomic E-state index is 0.0644. The smallest absolute Gasteiger partial charge is 0.223 e. The first kappa shape index (κ1) is 11.8. The molecule has 0 aliphatic carbocycles. The van der Waals surface area contributed by atoms with E-state index in [0.717, 1.165) is 18.7 Å². The summed E-state index contributed by atoms with van der Waals surface area (Å²) in [6.45, 7) is 2.57. The topological polar surface area (TPSA) is 62.1 Å². The Balaban J connectivity index is 2.29. The van der Waals surface area contributed by atoms with Crippen molar-refractivity contribution in [3.05, 3.63) is 24.0 Å². The van der Waals surface area contributed by atoms with Gasteiger partial charge in [0, 0.05) is 44.4 Å². The third kappa shape index (κ3) is 4.16. The summed E-state index contributed by atoms with van der Waals surface area (Å²) < 4.78 is 0. The van der Waals surface area contributed by atoms with Gasteiger partial charge in [0.1, 0.15) is 0 Å². The number of carbonyl (C=O) groups is 1. The number of aromatic amines is 1. The summed E-state index contributed by atoms with van der Waals surface area (Å²) in [6.07, 6.45) is 3.16. The van der Waals surface area contributed by atoms with Crippen molar-refractivity contribution in [1.82, 2.24) is 9.88 Å². The van der Waals surface area contributed by atoms with E-state index in [1.807, 2.05) is 32.3 Å². The van der Waals surface area contributed by atoms with Crippen LogP contribution < -0.4 is 5.73 Å². The predicted octanol–water partition coefficient (Wildman–Crippen LogP) is 0.753. The second-order valence-electron chi connectivity index (χ2n) is 3.94. The molecule has 0 spiro atoms. The van der Waals surface area contributed by atoms with E-state index >= 15 is 0 Å². The predicted molar refractivity (Wildman–Crippen MR) is 60.4 cm³/mol. The molecule has 0 bridgehead atoms. The summed E-state index contributed by atoms with van der Waals surface area (Å²) in [4.78, 5) is 16.4. The van der Waals surface area contributed by atoms with Crippen molar-refractivity contribution in [2.45, 2.75) is 25.8 Å². The Morgan fingerprint density at radius 3 is 2.93 bits per heavy atom. The van der Waals surface area contributed by atoms with Gasteiger partial charge in [-0.15, -0.1) is 0 Å². The average molecular weight is 209 g/mol. The van der Waals surface area contributed by atoms with Crippen LogP contribution in [0.3, 0.4) is 0 Å². The number of hydrogen-bond donors (Lipinski definition) is 2. The fourth-order valence-corrected chi connectivity index (χ4v) is 1.37. The molecule has 1 rings (SSSR count). The van der Waals surface area contributed by atoms with Crippen molar-refractivity contribution in [2.24, 2.45) is 5.73 Å². The normalized spacial score (nSPS) is 12.5. The van der Waals surface area contributed by atoms with Crippen molar-refractivity contribution in [3.63, 3.8) is 0 Å². The van der Waals surface area contributed by atoms with Crippen molar-refractivity contribution >= 4 is 5.91 Å². The van der Waals surface area contributed by atoms with Gasteiger partial charge in [-0.25, -0.2) is 0 Å². The monoisotopic (exact) mass is 209 g/mol. The molecule has 3 N–H and O–H groups in total. The number of nitrogens with one attached hydrogen (secondary N) is 1. The Hall–Kier alpha value is -1.29.